The van der Waals surface area contributed by atoms with Crippen molar-refractivity contribution in [3.63, 3.8) is 0 Å². The van der Waals surface area contributed by atoms with Gasteiger partial charge in [0, 0.05) is 29.0 Å². The third-order valence-electron chi connectivity index (χ3n) is 8.33. The number of aromatic nitrogens is 4. The number of nitrogens with two attached hydrogens (primary N) is 1. The van der Waals surface area contributed by atoms with Crippen LogP contribution in [0.15, 0.2) is 85.1 Å². The zero-order valence-corrected chi connectivity index (χ0v) is 24.2. The molecule has 1 fully saturated rings. The SMILES string of the molecule is COC(=O)[C@H]1CC[C@H](NC(C)(C)c2ccc(-n3c(-c4cccnc4N)nc4ccc(-c5ccccc5)nc43)cc2)CC1. The normalized spacial score (nSPS) is 17.3. The minimum atomic E-state index is -0.256. The van der Waals surface area contributed by atoms with Crippen molar-refractivity contribution >= 4 is 23.0 Å². The molecule has 0 aliphatic heterocycles. The van der Waals surface area contributed by atoms with Crippen molar-refractivity contribution in [3.05, 3.63) is 90.6 Å². The van der Waals surface area contributed by atoms with E-state index in [1.54, 1.807) is 6.20 Å². The number of hydrogen-bond donors (Lipinski definition) is 2. The van der Waals surface area contributed by atoms with Crippen molar-refractivity contribution in [2.24, 2.45) is 5.92 Å². The smallest absolute Gasteiger partial charge is 0.308 e. The first-order chi connectivity index (χ1) is 20.3. The van der Waals surface area contributed by atoms with Gasteiger partial charge in [-0.05, 0) is 81.5 Å². The van der Waals surface area contributed by atoms with Crippen LogP contribution < -0.4 is 11.1 Å². The van der Waals surface area contributed by atoms with Crippen molar-refractivity contribution in [1.82, 2.24) is 24.8 Å². The van der Waals surface area contributed by atoms with Crippen LogP contribution in [0.3, 0.4) is 0 Å². The number of hydrogen-bond acceptors (Lipinski definition) is 7. The number of benzene rings is 2. The molecule has 1 saturated carbocycles. The summed E-state index contributed by atoms with van der Waals surface area (Å²) < 4.78 is 7.02. The summed E-state index contributed by atoms with van der Waals surface area (Å²) in [5.41, 5.74) is 12.4. The quantitative estimate of drug-likeness (QED) is 0.225. The molecule has 0 saturated heterocycles. The Morgan fingerprint density at radius 2 is 1.67 bits per heavy atom. The molecule has 8 nitrogen and oxygen atoms in total. The van der Waals surface area contributed by atoms with Gasteiger partial charge in [-0.15, -0.1) is 0 Å². The number of pyridine rings is 2. The number of carbonyl (C=O) groups is 1. The fourth-order valence-electron chi connectivity index (χ4n) is 6.02. The molecule has 2 aromatic carbocycles. The third-order valence-corrected chi connectivity index (χ3v) is 8.33. The zero-order valence-electron chi connectivity index (χ0n) is 24.2. The van der Waals surface area contributed by atoms with Crippen LogP contribution in [0.2, 0.25) is 0 Å². The van der Waals surface area contributed by atoms with Gasteiger partial charge in [0.25, 0.3) is 0 Å². The van der Waals surface area contributed by atoms with E-state index >= 15 is 0 Å². The van der Waals surface area contributed by atoms with Gasteiger partial charge in [0.05, 0.1) is 24.3 Å². The van der Waals surface area contributed by atoms with E-state index in [-0.39, 0.29) is 17.4 Å². The summed E-state index contributed by atoms with van der Waals surface area (Å²) in [6.45, 7) is 4.41. The molecular weight excluding hydrogens is 524 g/mol. The summed E-state index contributed by atoms with van der Waals surface area (Å²) in [6.07, 6.45) is 5.29. The molecule has 0 atom stereocenters. The van der Waals surface area contributed by atoms with Gasteiger partial charge in [-0.1, -0.05) is 42.5 Å². The Morgan fingerprint density at radius 3 is 2.36 bits per heavy atom. The molecule has 0 unspecified atom stereocenters. The lowest BCUT2D eigenvalue weighted by Crippen LogP contribution is -2.45. The topological polar surface area (TPSA) is 108 Å². The summed E-state index contributed by atoms with van der Waals surface area (Å²) >= 11 is 0. The van der Waals surface area contributed by atoms with Crippen molar-refractivity contribution in [1.29, 1.82) is 0 Å². The van der Waals surface area contributed by atoms with E-state index in [1.807, 2.05) is 42.5 Å². The minimum absolute atomic E-state index is 0.0134. The van der Waals surface area contributed by atoms with E-state index in [1.165, 1.54) is 12.7 Å². The highest BCUT2D eigenvalue weighted by molar-refractivity contribution is 5.84. The Hall–Kier alpha value is -4.56. The van der Waals surface area contributed by atoms with Crippen LogP contribution in [0.25, 0.3) is 39.5 Å². The fraction of sp³-hybridized carbons (Fsp3) is 0.294. The van der Waals surface area contributed by atoms with Gasteiger partial charge < -0.3 is 15.8 Å². The van der Waals surface area contributed by atoms with Crippen LogP contribution in [0.5, 0.6) is 0 Å². The van der Waals surface area contributed by atoms with Crippen LogP contribution in [0.1, 0.15) is 45.1 Å². The number of imidazole rings is 1. The standard InChI is InChI=1S/C34H36N6O2/c1-34(2,39-25-15-11-23(12-16-25)33(41)42-3)24-13-17-26(18-14-24)40-31(27-10-7-21-36-30(27)35)38-29-20-19-28(37-32(29)40)22-8-5-4-6-9-22/h4-10,13-14,17-21,23,25,39H,11-12,15-16H2,1-3H3,(H2,35,36)/t23-,25-. The molecule has 1 aliphatic carbocycles. The Balaban J connectivity index is 1.34. The highest BCUT2D eigenvalue weighted by Crippen LogP contribution is 2.33. The second-order valence-corrected chi connectivity index (χ2v) is 11.5. The lowest BCUT2D eigenvalue weighted by molar-refractivity contribution is -0.146. The number of carbonyl (C=O) groups excluding carboxylic acids is 1. The van der Waals surface area contributed by atoms with Crippen molar-refractivity contribution in [3.8, 4) is 28.3 Å². The maximum absolute atomic E-state index is 12.0. The summed E-state index contributed by atoms with van der Waals surface area (Å²) in [4.78, 5) is 26.3. The summed E-state index contributed by atoms with van der Waals surface area (Å²) in [5, 5.41) is 3.83. The van der Waals surface area contributed by atoms with Crippen molar-refractivity contribution in [2.75, 3.05) is 12.8 Å². The van der Waals surface area contributed by atoms with Gasteiger partial charge in [0.15, 0.2) is 11.5 Å². The van der Waals surface area contributed by atoms with E-state index in [0.29, 0.717) is 17.7 Å². The molecular formula is C34H36N6O2. The molecule has 3 heterocycles. The largest absolute Gasteiger partial charge is 0.469 e. The minimum Gasteiger partial charge on any atom is -0.469 e. The van der Waals surface area contributed by atoms with Gasteiger partial charge in [-0.25, -0.2) is 15.0 Å². The van der Waals surface area contributed by atoms with E-state index in [0.717, 1.165) is 59.4 Å². The number of rotatable bonds is 7. The van der Waals surface area contributed by atoms with Crippen LogP contribution in [0, 0.1) is 5.92 Å². The van der Waals surface area contributed by atoms with Crippen molar-refractivity contribution < 1.29 is 9.53 Å². The first-order valence-electron chi connectivity index (χ1n) is 14.5. The van der Waals surface area contributed by atoms with Gasteiger partial charge in [-0.3, -0.25) is 9.36 Å². The Bertz CT molecular complexity index is 1700. The number of nitrogens with zero attached hydrogens (tertiary/aromatic N) is 4. The molecule has 3 N–H and O–H groups in total. The monoisotopic (exact) mass is 560 g/mol. The summed E-state index contributed by atoms with van der Waals surface area (Å²) in [5.74, 6) is 1.04. The molecule has 0 spiro atoms. The molecule has 0 bridgehead atoms. The summed E-state index contributed by atoms with van der Waals surface area (Å²) in [7, 11) is 1.47. The van der Waals surface area contributed by atoms with Gasteiger partial charge in [0.2, 0.25) is 0 Å². The maximum Gasteiger partial charge on any atom is 0.308 e. The van der Waals surface area contributed by atoms with Gasteiger partial charge in [-0.2, -0.15) is 0 Å². The van der Waals surface area contributed by atoms with Gasteiger partial charge >= 0.3 is 5.97 Å². The Morgan fingerprint density at radius 1 is 0.929 bits per heavy atom. The number of ether oxygens (including phenoxy) is 1. The van der Waals surface area contributed by atoms with E-state index < -0.39 is 0 Å². The highest BCUT2D eigenvalue weighted by atomic mass is 16.5. The lowest BCUT2D eigenvalue weighted by atomic mass is 9.84. The molecule has 1 aliphatic rings. The van der Waals surface area contributed by atoms with E-state index in [4.69, 9.17) is 20.4 Å². The first kappa shape index (κ1) is 27.6. The van der Waals surface area contributed by atoms with E-state index in [9.17, 15) is 4.79 Å². The molecule has 0 amide bonds. The van der Waals surface area contributed by atoms with Gasteiger partial charge in [0.1, 0.15) is 11.3 Å². The average molecular weight is 561 g/mol. The molecule has 8 heteroatoms. The molecule has 0 radical (unpaired) electrons. The molecule has 42 heavy (non-hydrogen) atoms. The lowest BCUT2D eigenvalue weighted by Gasteiger charge is -2.36. The zero-order chi connectivity index (χ0) is 29.3. The molecule has 6 rings (SSSR count). The third kappa shape index (κ3) is 5.37. The number of nitrogen functional groups attached to an aromatic ring is 1. The number of anilines is 1. The Kier molecular flexibility index (Phi) is 7.47. The first-order valence-corrected chi connectivity index (χ1v) is 14.5. The molecule has 3 aromatic heterocycles. The number of fused-ring (bicyclic) bond motifs is 1. The predicted octanol–water partition coefficient (Wildman–Crippen LogP) is 6.29. The van der Waals surface area contributed by atoms with Crippen LogP contribution in [-0.2, 0) is 15.1 Å². The average Bonchev–Trinajstić information content (AvgIpc) is 3.40. The summed E-state index contributed by atoms with van der Waals surface area (Å²) in [6, 6.07) is 26.8. The predicted molar refractivity (Wildman–Crippen MR) is 166 cm³/mol. The highest BCUT2D eigenvalue weighted by Gasteiger charge is 2.31. The Labute approximate surface area is 246 Å². The molecule has 5 aromatic rings. The second kappa shape index (κ2) is 11.4. The number of methoxy groups -OCH3 is 1. The van der Waals surface area contributed by atoms with Crippen LogP contribution in [0.4, 0.5) is 5.82 Å². The molecule has 214 valence electrons. The van der Waals surface area contributed by atoms with Crippen molar-refractivity contribution in [2.45, 2.75) is 51.1 Å². The maximum atomic E-state index is 12.0. The number of esters is 1. The second-order valence-electron chi connectivity index (χ2n) is 11.5. The number of nitrogens with one attached hydrogen (secondary N) is 1. The van der Waals surface area contributed by atoms with Crippen LogP contribution in [-0.4, -0.2) is 38.6 Å². The van der Waals surface area contributed by atoms with Crippen LogP contribution >= 0.6 is 0 Å². The fourth-order valence-corrected chi connectivity index (χ4v) is 6.02. The van der Waals surface area contributed by atoms with E-state index in [2.05, 4.69) is 65.1 Å².